The second-order valence-corrected chi connectivity index (χ2v) is 7.97. The van der Waals surface area contributed by atoms with Gasteiger partial charge in [0.25, 0.3) is 5.56 Å². The summed E-state index contributed by atoms with van der Waals surface area (Å²) < 4.78 is 1.41. The van der Waals surface area contributed by atoms with E-state index in [1.165, 1.54) is 10.6 Å². The summed E-state index contributed by atoms with van der Waals surface area (Å²) in [7, 11) is 0. The highest BCUT2D eigenvalue weighted by molar-refractivity contribution is 6.30. The molecule has 0 bridgehead atoms. The maximum absolute atomic E-state index is 12.7. The fourth-order valence-corrected chi connectivity index (χ4v) is 2.86. The minimum atomic E-state index is -1.01. The molecule has 0 spiro atoms. The van der Waals surface area contributed by atoms with Gasteiger partial charge in [0.1, 0.15) is 12.4 Å². The number of hydrogen-bond donors (Lipinski definition) is 2. The summed E-state index contributed by atoms with van der Waals surface area (Å²) in [5.74, 6) is 0.256. The van der Waals surface area contributed by atoms with Crippen LogP contribution in [0.3, 0.4) is 0 Å². The van der Waals surface area contributed by atoms with E-state index < -0.39 is 5.60 Å². The molecule has 1 aromatic heterocycles. The Labute approximate surface area is 170 Å². The van der Waals surface area contributed by atoms with Gasteiger partial charge in [-0.2, -0.15) is 0 Å². The Hall–Kier alpha value is -2.18. The highest BCUT2D eigenvalue weighted by Gasteiger charge is 2.16. The zero-order valence-corrected chi connectivity index (χ0v) is 17.4. The third kappa shape index (κ3) is 6.77. The SMILES string of the molecule is CCCCCc1nc(-c2ccc(Cl)cc2)cc(=O)n1CC(=O)NCC(C)(C)O. The molecule has 2 aromatic rings. The van der Waals surface area contributed by atoms with Crippen molar-refractivity contribution in [2.75, 3.05) is 6.54 Å². The molecule has 0 aliphatic rings. The van der Waals surface area contributed by atoms with Crippen LogP contribution in [0.1, 0.15) is 45.9 Å². The topological polar surface area (TPSA) is 84.2 Å². The van der Waals surface area contributed by atoms with E-state index in [4.69, 9.17) is 11.6 Å². The van der Waals surface area contributed by atoms with Gasteiger partial charge in [0.15, 0.2) is 0 Å². The van der Waals surface area contributed by atoms with Crippen LogP contribution in [-0.2, 0) is 17.8 Å². The molecule has 1 amide bonds. The van der Waals surface area contributed by atoms with Crippen molar-refractivity contribution in [1.29, 1.82) is 0 Å². The fraction of sp³-hybridized carbons (Fsp3) is 0.476. The van der Waals surface area contributed by atoms with Crippen LogP contribution in [-0.4, -0.2) is 32.7 Å². The Morgan fingerprint density at radius 1 is 1.25 bits per heavy atom. The Morgan fingerprint density at radius 2 is 1.93 bits per heavy atom. The van der Waals surface area contributed by atoms with Crippen molar-refractivity contribution in [2.45, 2.75) is 58.6 Å². The number of rotatable bonds is 9. The average molecular weight is 406 g/mol. The van der Waals surface area contributed by atoms with Crippen molar-refractivity contribution in [3.63, 3.8) is 0 Å². The van der Waals surface area contributed by atoms with E-state index in [1.54, 1.807) is 26.0 Å². The minimum Gasteiger partial charge on any atom is -0.389 e. The summed E-state index contributed by atoms with van der Waals surface area (Å²) in [6, 6.07) is 8.59. The van der Waals surface area contributed by atoms with Gasteiger partial charge in [-0.1, -0.05) is 43.5 Å². The number of aryl methyl sites for hydroxylation is 1. The molecule has 0 atom stereocenters. The Morgan fingerprint density at radius 3 is 2.54 bits per heavy atom. The molecule has 1 heterocycles. The molecule has 28 heavy (non-hydrogen) atoms. The first kappa shape index (κ1) is 22.1. The van der Waals surface area contributed by atoms with Crippen molar-refractivity contribution in [1.82, 2.24) is 14.9 Å². The highest BCUT2D eigenvalue weighted by Crippen LogP contribution is 2.19. The second-order valence-electron chi connectivity index (χ2n) is 7.54. The predicted octanol–water partition coefficient (Wildman–Crippen LogP) is 3.18. The van der Waals surface area contributed by atoms with Crippen molar-refractivity contribution < 1.29 is 9.90 Å². The number of benzene rings is 1. The lowest BCUT2D eigenvalue weighted by atomic mass is 10.1. The monoisotopic (exact) mass is 405 g/mol. The lowest BCUT2D eigenvalue weighted by Crippen LogP contribution is -2.41. The Bertz CT molecular complexity index is 855. The molecule has 152 valence electrons. The molecule has 0 saturated carbocycles. The van der Waals surface area contributed by atoms with Crippen LogP contribution < -0.4 is 10.9 Å². The first-order chi connectivity index (χ1) is 13.2. The molecule has 0 saturated heterocycles. The number of unbranched alkanes of at least 4 members (excludes halogenated alkanes) is 2. The molecular weight excluding hydrogens is 378 g/mol. The first-order valence-electron chi connectivity index (χ1n) is 9.55. The zero-order chi connectivity index (χ0) is 20.7. The third-order valence-electron chi connectivity index (χ3n) is 4.25. The van der Waals surface area contributed by atoms with Crippen molar-refractivity contribution in [3.05, 3.63) is 51.5 Å². The number of carbonyl (C=O) groups is 1. The summed E-state index contributed by atoms with van der Waals surface area (Å²) in [6.07, 6.45) is 3.57. The smallest absolute Gasteiger partial charge is 0.254 e. The van der Waals surface area contributed by atoms with E-state index in [1.807, 2.05) is 12.1 Å². The number of aromatic nitrogens is 2. The number of nitrogens with zero attached hydrogens (tertiary/aromatic N) is 2. The van der Waals surface area contributed by atoms with E-state index >= 15 is 0 Å². The summed E-state index contributed by atoms with van der Waals surface area (Å²) >= 11 is 5.94. The van der Waals surface area contributed by atoms with Gasteiger partial charge in [-0.15, -0.1) is 0 Å². The molecule has 0 aliphatic heterocycles. The number of nitrogens with one attached hydrogen (secondary N) is 1. The van der Waals surface area contributed by atoms with Gasteiger partial charge in [0.2, 0.25) is 5.91 Å². The summed E-state index contributed by atoms with van der Waals surface area (Å²) in [5.41, 5.74) is 0.0874. The van der Waals surface area contributed by atoms with Crippen LogP contribution in [0, 0.1) is 0 Å². The number of carbonyl (C=O) groups excluding carboxylic acids is 1. The lowest BCUT2D eigenvalue weighted by molar-refractivity contribution is -0.122. The molecule has 7 heteroatoms. The Balaban J connectivity index is 2.30. The van der Waals surface area contributed by atoms with Gasteiger partial charge >= 0.3 is 0 Å². The fourth-order valence-electron chi connectivity index (χ4n) is 2.73. The summed E-state index contributed by atoms with van der Waals surface area (Å²) in [5, 5.41) is 13.0. The van der Waals surface area contributed by atoms with Crippen LogP contribution in [0.25, 0.3) is 11.3 Å². The third-order valence-corrected chi connectivity index (χ3v) is 4.50. The molecule has 0 aliphatic carbocycles. The normalized spacial score (nSPS) is 11.5. The van der Waals surface area contributed by atoms with E-state index in [0.29, 0.717) is 23.0 Å². The predicted molar refractivity (Wildman–Crippen MR) is 111 cm³/mol. The van der Waals surface area contributed by atoms with Crippen LogP contribution in [0.5, 0.6) is 0 Å². The number of hydrogen-bond acceptors (Lipinski definition) is 4. The molecule has 0 radical (unpaired) electrons. The first-order valence-corrected chi connectivity index (χ1v) is 9.93. The average Bonchev–Trinajstić information content (AvgIpc) is 2.62. The summed E-state index contributed by atoms with van der Waals surface area (Å²) in [6.45, 7) is 5.32. The molecule has 6 nitrogen and oxygen atoms in total. The summed E-state index contributed by atoms with van der Waals surface area (Å²) in [4.78, 5) is 29.7. The van der Waals surface area contributed by atoms with E-state index in [-0.39, 0.29) is 24.6 Å². The molecule has 2 N–H and O–H groups in total. The van der Waals surface area contributed by atoms with E-state index in [2.05, 4.69) is 17.2 Å². The van der Waals surface area contributed by atoms with Gasteiger partial charge in [-0.25, -0.2) is 4.98 Å². The highest BCUT2D eigenvalue weighted by atomic mass is 35.5. The van der Waals surface area contributed by atoms with E-state index in [0.717, 1.165) is 24.8 Å². The van der Waals surface area contributed by atoms with E-state index in [9.17, 15) is 14.7 Å². The largest absolute Gasteiger partial charge is 0.389 e. The quantitative estimate of drug-likeness (QED) is 0.627. The standard InChI is InChI=1S/C21H28ClN3O3/c1-4-5-6-7-18-24-17(15-8-10-16(22)11-9-15)12-20(27)25(18)13-19(26)23-14-21(2,3)28/h8-12,28H,4-7,13-14H2,1-3H3,(H,23,26). The molecule has 0 unspecified atom stereocenters. The van der Waals surface area contributed by atoms with Gasteiger partial charge in [0, 0.05) is 29.6 Å². The second kappa shape index (κ2) is 9.85. The lowest BCUT2D eigenvalue weighted by Gasteiger charge is -2.18. The molecule has 1 aromatic carbocycles. The minimum absolute atomic E-state index is 0.113. The number of amides is 1. The van der Waals surface area contributed by atoms with Gasteiger partial charge in [-0.05, 0) is 32.4 Å². The maximum atomic E-state index is 12.7. The number of aliphatic hydroxyl groups is 1. The van der Waals surface area contributed by atoms with Crippen LogP contribution >= 0.6 is 11.6 Å². The molecule has 2 rings (SSSR count). The molecule has 0 fully saturated rings. The number of halogens is 1. The van der Waals surface area contributed by atoms with Crippen LogP contribution in [0.15, 0.2) is 35.1 Å². The van der Waals surface area contributed by atoms with Gasteiger partial charge in [-0.3, -0.25) is 14.2 Å². The van der Waals surface area contributed by atoms with Crippen LogP contribution in [0.2, 0.25) is 5.02 Å². The van der Waals surface area contributed by atoms with Crippen molar-refractivity contribution in [2.24, 2.45) is 0 Å². The van der Waals surface area contributed by atoms with Gasteiger partial charge in [0.05, 0.1) is 11.3 Å². The Kier molecular flexibility index (Phi) is 7.78. The maximum Gasteiger partial charge on any atom is 0.254 e. The van der Waals surface area contributed by atoms with Gasteiger partial charge < -0.3 is 10.4 Å². The molecular formula is C21H28ClN3O3. The zero-order valence-electron chi connectivity index (χ0n) is 16.7. The van der Waals surface area contributed by atoms with Crippen molar-refractivity contribution >= 4 is 17.5 Å². The van der Waals surface area contributed by atoms with Crippen molar-refractivity contribution in [3.8, 4) is 11.3 Å². The van der Waals surface area contributed by atoms with Crippen LogP contribution in [0.4, 0.5) is 0 Å².